The van der Waals surface area contributed by atoms with Gasteiger partial charge in [0.05, 0.1) is 25.0 Å². The molecule has 0 spiro atoms. The van der Waals surface area contributed by atoms with Gasteiger partial charge in [-0.05, 0) is 50.2 Å². The average Bonchev–Trinajstić information content (AvgIpc) is 2.95. The number of para-hydroxylation sites is 1. The van der Waals surface area contributed by atoms with Crippen LogP contribution in [0.25, 0.3) is 5.69 Å². The van der Waals surface area contributed by atoms with Crippen LogP contribution in [-0.4, -0.2) is 22.8 Å². The van der Waals surface area contributed by atoms with Gasteiger partial charge in [-0.15, -0.1) is 0 Å². The van der Waals surface area contributed by atoms with Crippen molar-refractivity contribution in [1.82, 2.24) is 9.78 Å². The van der Waals surface area contributed by atoms with Gasteiger partial charge < -0.3 is 15.8 Å². The number of hydrogen-bond acceptors (Lipinski definition) is 3. The van der Waals surface area contributed by atoms with Crippen LogP contribution in [0, 0.1) is 13.8 Å². The molecule has 0 aliphatic carbocycles. The normalized spacial score (nSPS) is 11.4. The van der Waals surface area contributed by atoms with E-state index in [9.17, 15) is 0 Å². The van der Waals surface area contributed by atoms with E-state index in [2.05, 4.69) is 15.4 Å². The van der Waals surface area contributed by atoms with Crippen molar-refractivity contribution in [2.45, 2.75) is 20.4 Å². The Labute approximate surface area is 153 Å². The maximum absolute atomic E-state index is 6.02. The lowest BCUT2D eigenvalue weighted by Gasteiger charge is -2.07. The van der Waals surface area contributed by atoms with Gasteiger partial charge in [0.15, 0.2) is 5.96 Å². The number of ether oxygens (including phenoxy) is 1. The molecule has 0 atom stereocenters. The van der Waals surface area contributed by atoms with Gasteiger partial charge in [-0.2, -0.15) is 5.10 Å². The summed E-state index contributed by atoms with van der Waals surface area (Å²) in [5, 5.41) is 7.72. The van der Waals surface area contributed by atoms with E-state index >= 15 is 0 Å². The first kappa shape index (κ1) is 17.5. The van der Waals surface area contributed by atoms with Crippen molar-refractivity contribution in [2.24, 2.45) is 10.7 Å². The fourth-order valence-corrected chi connectivity index (χ4v) is 2.75. The van der Waals surface area contributed by atoms with E-state index in [1.54, 1.807) is 7.11 Å². The largest absolute Gasteiger partial charge is 0.497 e. The van der Waals surface area contributed by atoms with Crippen LogP contribution >= 0.6 is 0 Å². The predicted molar refractivity (Wildman–Crippen MR) is 105 cm³/mol. The van der Waals surface area contributed by atoms with E-state index in [1.807, 2.05) is 73.1 Å². The van der Waals surface area contributed by atoms with Gasteiger partial charge in [-0.3, -0.25) is 0 Å². The molecule has 3 aromatic rings. The van der Waals surface area contributed by atoms with Gasteiger partial charge in [0, 0.05) is 16.9 Å². The number of guanidine groups is 1. The number of methoxy groups -OCH3 is 1. The molecule has 0 bridgehead atoms. The number of aliphatic imine (C=N–C) groups is 1. The third-order valence-electron chi connectivity index (χ3n) is 4.21. The standard InChI is InChI=1S/C20H23N5O/c1-14-19(15(2)25(24-14)17-7-5-4-6-8-17)13-22-20(21)23-16-9-11-18(26-3)12-10-16/h4-12H,13H2,1-3H3,(H3,21,22,23). The number of aromatic nitrogens is 2. The third-order valence-corrected chi connectivity index (χ3v) is 4.21. The Morgan fingerprint density at radius 1 is 1.12 bits per heavy atom. The Morgan fingerprint density at radius 2 is 1.81 bits per heavy atom. The first-order valence-corrected chi connectivity index (χ1v) is 8.40. The molecule has 0 radical (unpaired) electrons. The molecule has 1 aromatic heterocycles. The maximum Gasteiger partial charge on any atom is 0.193 e. The predicted octanol–water partition coefficient (Wildman–Crippen LogP) is 3.42. The molecule has 134 valence electrons. The molecule has 26 heavy (non-hydrogen) atoms. The van der Waals surface area contributed by atoms with Crippen LogP contribution in [0.4, 0.5) is 5.69 Å². The van der Waals surface area contributed by atoms with Gasteiger partial charge in [0.2, 0.25) is 0 Å². The van der Waals surface area contributed by atoms with Crippen molar-refractivity contribution >= 4 is 11.6 Å². The van der Waals surface area contributed by atoms with E-state index < -0.39 is 0 Å². The highest BCUT2D eigenvalue weighted by molar-refractivity contribution is 5.92. The number of aryl methyl sites for hydroxylation is 1. The lowest BCUT2D eigenvalue weighted by atomic mass is 10.2. The third kappa shape index (κ3) is 3.85. The fourth-order valence-electron chi connectivity index (χ4n) is 2.75. The Morgan fingerprint density at radius 3 is 2.46 bits per heavy atom. The van der Waals surface area contributed by atoms with Crippen LogP contribution in [0.5, 0.6) is 5.75 Å². The van der Waals surface area contributed by atoms with Gasteiger partial charge in [0.25, 0.3) is 0 Å². The Balaban J connectivity index is 1.74. The summed E-state index contributed by atoms with van der Waals surface area (Å²) in [6.07, 6.45) is 0. The molecular formula is C20H23N5O. The second-order valence-corrected chi connectivity index (χ2v) is 5.95. The molecule has 1 heterocycles. The zero-order chi connectivity index (χ0) is 18.5. The van der Waals surface area contributed by atoms with Crippen LogP contribution in [0.15, 0.2) is 59.6 Å². The number of nitrogens with zero attached hydrogens (tertiary/aromatic N) is 3. The molecule has 3 N–H and O–H groups in total. The van der Waals surface area contributed by atoms with Crippen molar-refractivity contribution in [1.29, 1.82) is 0 Å². The summed E-state index contributed by atoms with van der Waals surface area (Å²) in [5.41, 5.74) is 11.0. The number of benzene rings is 2. The van der Waals surface area contributed by atoms with Crippen molar-refractivity contribution in [3.8, 4) is 11.4 Å². The van der Waals surface area contributed by atoms with Gasteiger partial charge in [0.1, 0.15) is 5.75 Å². The Hall–Kier alpha value is -3.28. The molecule has 6 nitrogen and oxygen atoms in total. The van der Waals surface area contributed by atoms with Gasteiger partial charge in [-0.1, -0.05) is 18.2 Å². The minimum Gasteiger partial charge on any atom is -0.497 e. The van der Waals surface area contributed by atoms with E-state index in [0.717, 1.165) is 34.1 Å². The monoisotopic (exact) mass is 349 g/mol. The molecule has 0 fully saturated rings. The van der Waals surface area contributed by atoms with Crippen molar-refractivity contribution in [3.05, 3.63) is 71.5 Å². The minimum absolute atomic E-state index is 0.362. The molecule has 6 heteroatoms. The zero-order valence-electron chi connectivity index (χ0n) is 15.2. The number of nitrogens with two attached hydrogens (primary N) is 1. The maximum atomic E-state index is 6.02. The molecule has 0 saturated heterocycles. The minimum atomic E-state index is 0.362. The first-order valence-electron chi connectivity index (χ1n) is 8.40. The Kier molecular flexibility index (Phi) is 5.22. The van der Waals surface area contributed by atoms with E-state index in [4.69, 9.17) is 10.5 Å². The van der Waals surface area contributed by atoms with Gasteiger partial charge in [-0.25, -0.2) is 9.67 Å². The van der Waals surface area contributed by atoms with E-state index in [-0.39, 0.29) is 0 Å². The smallest absolute Gasteiger partial charge is 0.193 e. The van der Waals surface area contributed by atoms with Crippen molar-refractivity contribution < 1.29 is 4.74 Å². The van der Waals surface area contributed by atoms with E-state index in [1.165, 1.54) is 0 Å². The summed E-state index contributed by atoms with van der Waals surface area (Å²) in [7, 11) is 1.64. The summed E-state index contributed by atoms with van der Waals surface area (Å²) in [6.45, 7) is 4.51. The van der Waals surface area contributed by atoms with Crippen LogP contribution in [-0.2, 0) is 6.54 Å². The van der Waals surface area contributed by atoms with Crippen molar-refractivity contribution in [2.75, 3.05) is 12.4 Å². The van der Waals surface area contributed by atoms with E-state index in [0.29, 0.717) is 12.5 Å². The average molecular weight is 349 g/mol. The molecule has 0 amide bonds. The lowest BCUT2D eigenvalue weighted by Crippen LogP contribution is -2.22. The highest BCUT2D eigenvalue weighted by Gasteiger charge is 2.12. The number of rotatable bonds is 5. The number of nitrogens with one attached hydrogen (secondary N) is 1. The molecule has 0 aliphatic heterocycles. The highest BCUT2D eigenvalue weighted by Crippen LogP contribution is 2.19. The van der Waals surface area contributed by atoms with Crippen LogP contribution in [0.1, 0.15) is 17.0 Å². The van der Waals surface area contributed by atoms with Crippen LogP contribution < -0.4 is 15.8 Å². The van der Waals surface area contributed by atoms with Crippen LogP contribution in [0.2, 0.25) is 0 Å². The fraction of sp³-hybridized carbons (Fsp3) is 0.200. The topological polar surface area (TPSA) is 77.5 Å². The number of anilines is 1. The molecule has 0 aliphatic rings. The SMILES string of the molecule is COc1ccc(NC(N)=NCc2c(C)nn(-c3ccccc3)c2C)cc1. The molecule has 2 aromatic carbocycles. The molecule has 3 rings (SSSR count). The summed E-state index contributed by atoms with van der Waals surface area (Å²) >= 11 is 0. The molecular weight excluding hydrogens is 326 g/mol. The quantitative estimate of drug-likeness (QED) is 0.546. The molecule has 0 saturated carbocycles. The van der Waals surface area contributed by atoms with Crippen LogP contribution in [0.3, 0.4) is 0 Å². The van der Waals surface area contributed by atoms with Crippen molar-refractivity contribution in [3.63, 3.8) is 0 Å². The Bertz CT molecular complexity index is 898. The summed E-state index contributed by atoms with van der Waals surface area (Å²) in [5.74, 6) is 1.16. The second-order valence-electron chi connectivity index (χ2n) is 5.95. The first-order chi connectivity index (χ1) is 12.6. The zero-order valence-corrected chi connectivity index (χ0v) is 15.2. The summed E-state index contributed by atoms with van der Waals surface area (Å²) in [4.78, 5) is 4.46. The summed E-state index contributed by atoms with van der Waals surface area (Å²) < 4.78 is 7.08. The van der Waals surface area contributed by atoms with Gasteiger partial charge >= 0.3 is 0 Å². The summed E-state index contributed by atoms with van der Waals surface area (Å²) in [6, 6.07) is 17.6. The highest BCUT2D eigenvalue weighted by atomic mass is 16.5. The molecule has 0 unspecified atom stereocenters. The lowest BCUT2D eigenvalue weighted by molar-refractivity contribution is 0.415. The number of hydrogen-bond donors (Lipinski definition) is 2. The second kappa shape index (κ2) is 7.74.